The average molecular weight is 373 g/mol. The summed E-state index contributed by atoms with van der Waals surface area (Å²) in [5.41, 5.74) is 2.38. The molecule has 0 aliphatic heterocycles. The number of rotatable bonds is 6. The molecule has 2 aromatic carbocycles. The van der Waals surface area contributed by atoms with Crippen LogP contribution in [0.1, 0.15) is 27.4 Å². The van der Waals surface area contributed by atoms with Crippen LogP contribution in [-0.2, 0) is 12.3 Å². The highest BCUT2D eigenvalue weighted by atomic mass is 35.5. The van der Waals surface area contributed by atoms with Gasteiger partial charge in [0, 0.05) is 28.3 Å². The van der Waals surface area contributed by atoms with Crippen LogP contribution >= 0.6 is 23.4 Å². The summed E-state index contributed by atoms with van der Waals surface area (Å²) in [4.78, 5) is 13.5. The molecule has 0 fully saturated rings. The third-order valence-electron chi connectivity index (χ3n) is 3.58. The molecule has 0 radical (unpaired) electrons. The van der Waals surface area contributed by atoms with Crippen LogP contribution in [0.4, 0.5) is 0 Å². The zero-order valence-electron chi connectivity index (χ0n) is 13.7. The minimum Gasteiger partial charge on any atom is -0.361 e. The summed E-state index contributed by atoms with van der Waals surface area (Å²) in [6.45, 7) is 2.25. The molecule has 0 aliphatic rings. The Kier molecular flexibility index (Phi) is 5.79. The Balaban J connectivity index is 1.67. The van der Waals surface area contributed by atoms with Gasteiger partial charge in [0.25, 0.3) is 5.91 Å². The predicted molar refractivity (Wildman–Crippen MR) is 99.9 cm³/mol. The molecule has 1 heterocycles. The van der Waals surface area contributed by atoms with E-state index in [4.69, 9.17) is 16.1 Å². The van der Waals surface area contributed by atoms with Gasteiger partial charge in [-0.3, -0.25) is 4.79 Å². The molecular weight excluding hydrogens is 356 g/mol. The van der Waals surface area contributed by atoms with E-state index in [1.54, 1.807) is 11.8 Å². The molecule has 0 saturated heterocycles. The normalized spacial score (nSPS) is 10.6. The number of amides is 1. The van der Waals surface area contributed by atoms with E-state index in [9.17, 15) is 4.79 Å². The van der Waals surface area contributed by atoms with E-state index in [1.807, 2.05) is 61.5 Å². The first-order valence-electron chi connectivity index (χ1n) is 7.79. The molecule has 1 aromatic heterocycles. The highest BCUT2D eigenvalue weighted by Gasteiger charge is 2.12. The van der Waals surface area contributed by atoms with Crippen LogP contribution in [0.15, 0.2) is 64.0 Å². The van der Waals surface area contributed by atoms with Gasteiger partial charge in [-0.2, -0.15) is 0 Å². The molecule has 6 heteroatoms. The standard InChI is InChI=1S/C19H17ClN2O2S/c1-13-10-15(22-24-13)12-25-18-9-5-3-7-16(18)19(23)21-11-14-6-2-4-8-17(14)20/h2-10H,11-12H2,1H3,(H,21,23). The van der Waals surface area contributed by atoms with E-state index in [1.165, 1.54) is 0 Å². The third kappa shape index (κ3) is 4.65. The quantitative estimate of drug-likeness (QED) is 0.628. The highest BCUT2D eigenvalue weighted by Crippen LogP contribution is 2.26. The van der Waals surface area contributed by atoms with Gasteiger partial charge in [0.05, 0.1) is 11.3 Å². The van der Waals surface area contributed by atoms with Crippen LogP contribution in [0.3, 0.4) is 0 Å². The maximum Gasteiger partial charge on any atom is 0.252 e. The first kappa shape index (κ1) is 17.6. The molecule has 0 atom stereocenters. The number of nitrogens with zero attached hydrogens (tertiary/aromatic N) is 1. The Bertz CT molecular complexity index is 879. The molecule has 3 rings (SSSR count). The van der Waals surface area contributed by atoms with E-state index < -0.39 is 0 Å². The number of hydrogen-bond acceptors (Lipinski definition) is 4. The maximum atomic E-state index is 12.6. The van der Waals surface area contributed by atoms with Gasteiger partial charge in [-0.25, -0.2) is 0 Å². The number of carbonyl (C=O) groups excluding carboxylic acids is 1. The number of aryl methyl sites for hydroxylation is 1. The van der Waals surface area contributed by atoms with Gasteiger partial charge in [0.2, 0.25) is 0 Å². The molecule has 0 aliphatic carbocycles. The summed E-state index contributed by atoms with van der Waals surface area (Å²) in [5, 5.41) is 7.55. The smallest absolute Gasteiger partial charge is 0.252 e. The fourth-order valence-corrected chi connectivity index (χ4v) is 3.46. The van der Waals surface area contributed by atoms with Crippen molar-refractivity contribution < 1.29 is 9.32 Å². The molecule has 25 heavy (non-hydrogen) atoms. The van der Waals surface area contributed by atoms with Crippen molar-refractivity contribution in [1.82, 2.24) is 10.5 Å². The zero-order chi connectivity index (χ0) is 17.6. The average Bonchev–Trinajstić information content (AvgIpc) is 3.04. The third-order valence-corrected chi connectivity index (χ3v) is 5.06. The topological polar surface area (TPSA) is 55.1 Å². The summed E-state index contributed by atoms with van der Waals surface area (Å²) < 4.78 is 5.07. The van der Waals surface area contributed by atoms with Gasteiger partial charge in [0.1, 0.15) is 5.76 Å². The lowest BCUT2D eigenvalue weighted by Crippen LogP contribution is -2.23. The van der Waals surface area contributed by atoms with E-state index in [0.717, 1.165) is 21.9 Å². The zero-order valence-corrected chi connectivity index (χ0v) is 15.2. The molecule has 0 unspecified atom stereocenters. The van der Waals surface area contributed by atoms with Crippen molar-refractivity contribution in [2.75, 3.05) is 0 Å². The number of aromatic nitrogens is 1. The van der Waals surface area contributed by atoms with Gasteiger partial charge in [-0.05, 0) is 30.7 Å². The largest absolute Gasteiger partial charge is 0.361 e. The molecule has 0 saturated carbocycles. The predicted octanol–water partition coefficient (Wildman–Crippen LogP) is 4.86. The molecule has 4 nitrogen and oxygen atoms in total. The summed E-state index contributed by atoms with van der Waals surface area (Å²) >= 11 is 7.69. The summed E-state index contributed by atoms with van der Waals surface area (Å²) in [5.74, 6) is 1.30. The lowest BCUT2D eigenvalue weighted by molar-refractivity contribution is 0.0948. The van der Waals surface area contributed by atoms with Crippen LogP contribution in [0.25, 0.3) is 0 Å². The second-order valence-corrected chi connectivity index (χ2v) is 6.91. The first-order valence-corrected chi connectivity index (χ1v) is 9.15. The second kappa shape index (κ2) is 8.23. The highest BCUT2D eigenvalue weighted by molar-refractivity contribution is 7.98. The minimum absolute atomic E-state index is 0.126. The fourth-order valence-electron chi connectivity index (χ4n) is 2.33. The number of carbonyl (C=O) groups is 1. The maximum absolute atomic E-state index is 12.6. The molecule has 1 amide bonds. The molecule has 0 bridgehead atoms. The molecule has 3 aromatic rings. The minimum atomic E-state index is -0.126. The van der Waals surface area contributed by atoms with Gasteiger partial charge in [-0.15, -0.1) is 11.8 Å². The van der Waals surface area contributed by atoms with E-state index in [0.29, 0.717) is 22.9 Å². The van der Waals surface area contributed by atoms with Crippen molar-refractivity contribution in [2.45, 2.75) is 24.1 Å². The fraction of sp³-hybridized carbons (Fsp3) is 0.158. The Morgan fingerprint density at radius 2 is 1.96 bits per heavy atom. The van der Waals surface area contributed by atoms with Gasteiger partial charge >= 0.3 is 0 Å². The number of benzene rings is 2. The van der Waals surface area contributed by atoms with Gasteiger partial charge < -0.3 is 9.84 Å². The Hall–Kier alpha value is -2.24. The van der Waals surface area contributed by atoms with Gasteiger partial charge in [0.15, 0.2) is 0 Å². The summed E-state index contributed by atoms with van der Waals surface area (Å²) in [6.07, 6.45) is 0. The van der Waals surface area contributed by atoms with Crippen molar-refractivity contribution in [3.05, 3.63) is 82.2 Å². The van der Waals surface area contributed by atoms with Crippen LogP contribution in [-0.4, -0.2) is 11.1 Å². The Morgan fingerprint density at radius 1 is 1.20 bits per heavy atom. The second-order valence-electron chi connectivity index (χ2n) is 5.49. The van der Waals surface area contributed by atoms with Crippen LogP contribution in [0.2, 0.25) is 5.02 Å². The molecule has 128 valence electrons. The van der Waals surface area contributed by atoms with Crippen LogP contribution in [0.5, 0.6) is 0 Å². The van der Waals surface area contributed by atoms with Crippen molar-refractivity contribution in [2.24, 2.45) is 0 Å². The summed E-state index contributed by atoms with van der Waals surface area (Å²) in [7, 11) is 0. The first-order chi connectivity index (χ1) is 12.1. The van der Waals surface area contributed by atoms with E-state index >= 15 is 0 Å². The SMILES string of the molecule is Cc1cc(CSc2ccccc2C(=O)NCc2ccccc2Cl)no1. The van der Waals surface area contributed by atoms with Crippen molar-refractivity contribution >= 4 is 29.3 Å². The molecule has 0 spiro atoms. The lowest BCUT2D eigenvalue weighted by atomic mass is 10.2. The molecular formula is C19H17ClN2O2S. The van der Waals surface area contributed by atoms with Crippen molar-refractivity contribution in [1.29, 1.82) is 0 Å². The van der Waals surface area contributed by atoms with E-state index in [-0.39, 0.29) is 5.91 Å². The number of thioether (sulfide) groups is 1. The lowest BCUT2D eigenvalue weighted by Gasteiger charge is -2.10. The monoisotopic (exact) mass is 372 g/mol. The van der Waals surface area contributed by atoms with E-state index in [2.05, 4.69) is 10.5 Å². The van der Waals surface area contributed by atoms with Crippen LogP contribution in [0, 0.1) is 6.92 Å². The number of hydrogen-bond donors (Lipinski definition) is 1. The number of halogens is 1. The van der Waals surface area contributed by atoms with Crippen LogP contribution < -0.4 is 5.32 Å². The Morgan fingerprint density at radius 3 is 2.72 bits per heavy atom. The van der Waals surface area contributed by atoms with Crippen molar-refractivity contribution in [3.63, 3.8) is 0 Å². The van der Waals surface area contributed by atoms with Crippen molar-refractivity contribution in [3.8, 4) is 0 Å². The summed E-state index contributed by atoms with van der Waals surface area (Å²) in [6, 6.07) is 16.9. The van der Waals surface area contributed by atoms with Gasteiger partial charge in [-0.1, -0.05) is 47.1 Å². The molecule has 1 N–H and O–H groups in total. The Labute approximate surface area is 155 Å². The number of nitrogens with one attached hydrogen (secondary N) is 1.